The first-order chi connectivity index (χ1) is 14.7. The van der Waals surface area contributed by atoms with E-state index in [-0.39, 0.29) is 6.61 Å². The Labute approximate surface area is 174 Å². The molecule has 4 rings (SSSR count). The Bertz CT molecular complexity index is 1210. The molecule has 0 saturated carbocycles. The summed E-state index contributed by atoms with van der Waals surface area (Å²) >= 11 is 0. The van der Waals surface area contributed by atoms with Gasteiger partial charge in [-0.1, -0.05) is 42.5 Å². The van der Waals surface area contributed by atoms with Crippen LogP contribution in [0.2, 0.25) is 0 Å². The number of rotatable bonds is 7. The van der Waals surface area contributed by atoms with Gasteiger partial charge < -0.3 is 13.9 Å². The molecule has 0 atom stereocenters. The highest BCUT2D eigenvalue weighted by Gasteiger charge is 2.20. The number of allylic oxidation sites excluding steroid dienone is 1. The molecule has 0 amide bonds. The van der Waals surface area contributed by atoms with Crippen molar-refractivity contribution in [1.82, 2.24) is 4.98 Å². The molecule has 3 aromatic carbocycles. The number of aryl methyl sites for hydroxylation is 1. The number of hydrogen-bond donors (Lipinski definition) is 0. The molecule has 150 valence electrons. The zero-order chi connectivity index (χ0) is 20.9. The Morgan fingerprint density at radius 1 is 1.07 bits per heavy atom. The van der Waals surface area contributed by atoms with E-state index >= 15 is 0 Å². The van der Waals surface area contributed by atoms with Crippen LogP contribution >= 0.6 is 0 Å². The lowest BCUT2D eigenvalue weighted by molar-refractivity contribution is -0.104. The summed E-state index contributed by atoms with van der Waals surface area (Å²) in [5.41, 5.74) is 3.58. The van der Waals surface area contributed by atoms with Gasteiger partial charge >= 0.3 is 0 Å². The number of ether oxygens (including phenoxy) is 2. The molecule has 5 nitrogen and oxygen atoms in total. The number of carbonyl (C=O) groups is 1. The minimum absolute atomic E-state index is 0.185. The van der Waals surface area contributed by atoms with E-state index in [1.165, 1.54) is 12.3 Å². The summed E-state index contributed by atoms with van der Waals surface area (Å²) in [4.78, 5) is 15.1. The molecule has 0 spiro atoms. The van der Waals surface area contributed by atoms with Crippen molar-refractivity contribution in [2.75, 3.05) is 7.11 Å². The van der Waals surface area contributed by atoms with Crippen LogP contribution in [0.5, 0.6) is 11.5 Å². The predicted octanol–water partition coefficient (Wildman–Crippen LogP) is 5.60. The number of aromatic nitrogens is 1. The quantitative estimate of drug-likeness (QED) is 0.299. The Morgan fingerprint density at radius 3 is 2.63 bits per heavy atom. The summed E-state index contributed by atoms with van der Waals surface area (Å²) in [6.07, 6.45) is 7.11. The van der Waals surface area contributed by atoms with Crippen molar-refractivity contribution >= 4 is 23.1 Å². The van der Waals surface area contributed by atoms with Crippen molar-refractivity contribution in [1.29, 1.82) is 0 Å². The first kappa shape index (κ1) is 19.5. The summed E-state index contributed by atoms with van der Waals surface area (Å²) in [5.74, 6) is 1.69. The van der Waals surface area contributed by atoms with Crippen molar-refractivity contribution in [2.24, 2.45) is 0 Å². The predicted molar refractivity (Wildman–Crippen MR) is 117 cm³/mol. The van der Waals surface area contributed by atoms with Gasteiger partial charge in [0.15, 0.2) is 18.1 Å². The van der Waals surface area contributed by atoms with E-state index in [4.69, 9.17) is 13.9 Å². The van der Waals surface area contributed by atoms with E-state index in [0.29, 0.717) is 17.4 Å². The zero-order valence-electron chi connectivity index (χ0n) is 16.8. The molecule has 5 heteroatoms. The van der Waals surface area contributed by atoms with Crippen LogP contribution in [0.4, 0.5) is 0 Å². The third-order valence-electron chi connectivity index (χ3n) is 4.87. The molecule has 0 aliphatic carbocycles. The number of benzene rings is 3. The number of nitrogens with zero attached hydrogens (tertiary/aromatic N) is 1. The van der Waals surface area contributed by atoms with Crippen LogP contribution in [-0.4, -0.2) is 18.4 Å². The second-order valence-corrected chi connectivity index (χ2v) is 6.79. The van der Waals surface area contributed by atoms with Crippen molar-refractivity contribution in [3.05, 3.63) is 84.1 Å². The maximum atomic E-state index is 11.0. The summed E-state index contributed by atoms with van der Waals surface area (Å²) < 4.78 is 17.1. The van der Waals surface area contributed by atoms with Gasteiger partial charge in [0.1, 0.15) is 12.5 Å². The molecule has 0 fully saturated rings. The summed E-state index contributed by atoms with van der Waals surface area (Å²) in [5, 5.41) is 2.27. The Balaban J connectivity index is 1.89. The molecule has 0 bridgehead atoms. The Kier molecular flexibility index (Phi) is 5.61. The number of carbonyl (C=O) groups excluding carboxylic acids is 1. The third kappa shape index (κ3) is 3.82. The summed E-state index contributed by atoms with van der Waals surface area (Å²) in [7, 11) is 1.62. The van der Waals surface area contributed by atoms with Crippen LogP contribution in [-0.2, 0) is 11.4 Å². The van der Waals surface area contributed by atoms with Gasteiger partial charge in [-0.3, -0.25) is 4.79 Å². The number of fused-ring (bicyclic) bond motifs is 1. The van der Waals surface area contributed by atoms with Gasteiger partial charge in [0, 0.05) is 5.56 Å². The zero-order valence-corrected chi connectivity index (χ0v) is 16.8. The topological polar surface area (TPSA) is 61.6 Å². The van der Waals surface area contributed by atoms with Gasteiger partial charge in [-0.2, -0.15) is 0 Å². The highest BCUT2D eigenvalue weighted by molar-refractivity contribution is 5.92. The van der Waals surface area contributed by atoms with Gasteiger partial charge in [-0.15, -0.1) is 0 Å². The Morgan fingerprint density at radius 2 is 1.90 bits per heavy atom. The van der Waals surface area contributed by atoms with E-state index in [1.54, 1.807) is 19.4 Å². The van der Waals surface area contributed by atoms with Gasteiger partial charge in [-0.25, -0.2) is 4.98 Å². The molecule has 0 N–H and O–H groups in total. The molecule has 0 radical (unpaired) electrons. The van der Waals surface area contributed by atoms with Crippen LogP contribution in [0.3, 0.4) is 0 Å². The first-order valence-corrected chi connectivity index (χ1v) is 9.55. The standard InChI is InChI=1S/C25H21NO4/c1-17-14-20(8-5-12-27)23(21-10-9-18-6-3-4-7-19(18)15-21)25(28-2)24(17)30-16-22-26-11-13-29-22/h3-15H,16H2,1-2H3. The van der Waals surface area contributed by atoms with Gasteiger partial charge in [0.25, 0.3) is 0 Å². The van der Waals surface area contributed by atoms with Crippen LogP contribution < -0.4 is 9.47 Å². The third-order valence-corrected chi connectivity index (χ3v) is 4.87. The fourth-order valence-electron chi connectivity index (χ4n) is 3.54. The SMILES string of the molecule is COc1c(OCc2ncco2)c(C)cc(C=CC=O)c1-c1ccc2ccccc2c1. The van der Waals surface area contributed by atoms with Crippen LogP contribution in [0.15, 0.2) is 71.5 Å². The van der Waals surface area contributed by atoms with E-state index in [2.05, 4.69) is 29.2 Å². The molecule has 0 unspecified atom stereocenters. The maximum absolute atomic E-state index is 11.0. The first-order valence-electron chi connectivity index (χ1n) is 9.55. The van der Waals surface area contributed by atoms with Gasteiger partial charge in [0.05, 0.1) is 13.3 Å². The van der Waals surface area contributed by atoms with E-state index in [0.717, 1.165) is 39.3 Å². The fraction of sp³-hybridized carbons (Fsp3) is 0.120. The normalized spacial score (nSPS) is 11.1. The molecule has 30 heavy (non-hydrogen) atoms. The highest BCUT2D eigenvalue weighted by Crippen LogP contribution is 2.44. The van der Waals surface area contributed by atoms with E-state index in [1.807, 2.05) is 31.2 Å². The maximum Gasteiger partial charge on any atom is 0.232 e. The molecular formula is C25H21NO4. The minimum Gasteiger partial charge on any atom is -0.492 e. The summed E-state index contributed by atoms with van der Waals surface area (Å²) in [6, 6.07) is 16.4. The average Bonchev–Trinajstić information content (AvgIpc) is 3.29. The van der Waals surface area contributed by atoms with Crippen molar-refractivity contribution in [3.8, 4) is 22.6 Å². The summed E-state index contributed by atoms with van der Waals surface area (Å²) in [6.45, 7) is 2.13. The lowest BCUT2D eigenvalue weighted by atomic mass is 9.93. The molecule has 0 aliphatic rings. The second-order valence-electron chi connectivity index (χ2n) is 6.79. The monoisotopic (exact) mass is 399 g/mol. The molecule has 1 heterocycles. The van der Waals surface area contributed by atoms with E-state index in [9.17, 15) is 4.79 Å². The Hall–Kier alpha value is -3.86. The molecule has 1 aromatic heterocycles. The van der Waals surface area contributed by atoms with Crippen molar-refractivity contribution in [2.45, 2.75) is 13.5 Å². The lowest BCUT2D eigenvalue weighted by Crippen LogP contribution is -2.02. The number of methoxy groups -OCH3 is 1. The number of aldehydes is 1. The minimum atomic E-state index is 0.185. The van der Waals surface area contributed by atoms with Crippen molar-refractivity contribution in [3.63, 3.8) is 0 Å². The number of oxazole rings is 1. The lowest BCUT2D eigenvalue weighted by Gasteiger charge is -2.19. The van der Waals surface area contributed by atoms with Crippen LogP contribution in [0.1, 0.15) is 17.0 Å². The molecule has 4 aromatic rings. The highest BCUT2D eigenvalue weighted by atomic mass is 16.5. The smallest absolute Gasteiger partial charge is 0.232 e. The van der Waals surface area contributed by atoms with Crippen LogP contribution in [0.25, 0.3) is 28.0 Å². The van der Waals surface area contributed by atoms with E-state index < -0.39 is 0 Å². The fourth-order valence-corrected chi connectivity index (χ4v) is 3.54. The average molecular weight is 399 g/mol. The van der Waals surface area contributed by atoms with Crippen molar-refractivity contribution < 1.29 is 18.7 Å². The van der Waals surface area contributed by atoms with Gasteiger partial charge in [-0.05, 0) is 52.6 Å². The molecule has 0 aliphatic heterocycles. The second kappa shape index (κ2) is 8.66. The molecule has 0 saturated heterocycles. The number of hydrogen-bond acceptors (Lipinski definition) is 5. The van der Waals surface area contributed by atoms with Crippen LogP contribution in [0, 0.1) is 6.92 Å². The molecular weight excluding hydrogens is 378 g/mol. The largest absolute Gasteiger partial charge is 0.492 e. The van der Waals surface area contributed by atoms with Gasteiger partial charge in [0.2, 0.25) is 5.89 Å².